The Balaban J connectivity index is 1.82. The second-order valence-electron chi connectivity index (χ2n) is 6.82. The first-order chi connectivity index (χ1) is 15.3. The number of aromatic nitrogens is 3. The van der Waals surface area contributed by atoms with E-state index in [0.717, 1.165) is 5.56 Å². The largest absolute Gasteiger partial charge is 0.494 e. The van der Waals surface area contributed by atoms with E-state index in [2.05, 4.69) is 24.6 Å². The summed E-state index contributed by atoms with van der Waals surface area (Å²) in [5.41, 5.74) is 2.14. The minimum absolute atomic E-state index is 0.205. The van der Waals surface area contributed by atoms with Gasteiger partial charge in [0, 0.05) is 11.4 Å². The van der Waals surface area contributed by atoms with Crippen LogP contribution in [0.4, 0.5) is 16.4 Å². The molecular formula is C21H24ClN5O4S. The van der Waals surface area contributed by atoms with Gasteiger partial charge in [-0.2, -0.15) is 9.35 Å². The molecule has 0 spiro atoms. The second kappa shape index (κ2) is 10.5. The lowest BCUT2D eigenvalue weighted by atomic mass is 10.2. The Morgan fingerprint density at radius 2 is 2.03 bits per heavy atom. The van der Waals surface area contributed by atoms with Crippen LogP contribution in [0.3, 0.4) is 0 Å². The normalized spacial score (nSPS) is 11.5. The quantitative estimate of drug-likeness (QED) is 0.416. The van der Waals surface area contributed by atoms with Gasteiger partial charge >= 0.3 is 6.09 Å². The second-order valence-corrected chi connectivity index (χ2v) is 9.92. The van der Waals surface area contributed by atoms with Crippen LogP contribution in [0.1, 0.15) is 12.5 Å². The number of hydrogen-bond acceptors (Lipinski definition) is 7. The Labute approximate surface area is 192 Å². The zero-order valence-corrected chi connectivity index (χ0v) is 19.5. The predicted octanol–water partition coefficient (Wildman–Crippen LogP) is 4.77. The summed E-state index contributed by atoms with van der Waals surface area (Å²) in [7, 11) is -1.33. The van der Waals surface area contributed by atoms with Gasteiger partial charge in [0.25, 0.3) is 0 Å². The van der Waals surface area contributed by atoms with Crippen molar-refractivity contribution in [2.24, 2.45) is 4.36 Å². The number of nitrogens with one attached hydrogen (secondary N) is 1. The Kier molecular flexibility index (Phi) is 7.73. The Bertz CT molecular complexity index is 1170. The van der Waals surface area contributed by atoms with E-state index >= 15 is 0 Å². The molecule has 0 fully saturated rings. The number of nitrogens with zero attached hydrogens (tertiary/aromatic N) is 4. The number of halogens is 1. The lowest BCUT2D eigenvalue weighted by Gasteiger charge is -2.18. The number of amides is 1. The number of hydrogen-bond donors (Lipinski definition) is 3. The van der Waals surface area contributed by atoms with Crippen LogP contribution in [0.15, 0.2) is 53.2 Å². The van der Waals surface area contributed by atoms with Gasteiger partial charge in [0.2, 0.25) is 5.95 Å². The molecule has 2 N–H and O–H groups in total. The van der Waals surface area contributed by atoms with Crippen molar-refractivity contribution in [2.75, 3.05) is 25.3 Å². The molecule has 0 aliphatic heterocycles. The van der Waals surface area contributed by atoms with Crippen LogP contribution in [0.5, 0.6) is 5.75 Å². The molecule has 11 heteroatoms. The topological polar surface area (TPSA) is 119 Å². The predicted molar refractivity (Wildman–Crippen MR) is 127 cm³/mol. The molecule has 1 aromatic heterocycles. The van der Waals surface area contributed by atoms with Gasteiger partial charge in [0.1, 0.15) is 12.1 Å². The zero-order chi connectivity index (χ0) is 23.1. The van der Waals surface area contributed by atoms with Crippen LogP contribution in [0.25, 0.3) is 11.4 Å². The van der Waals surface area contributed by atoms with Crippen LogP contribution in [0, 0.1) is 0 Å². The van der Waals surface area contributed by atoms with Crippen molar-refractivity contribution in [1.29, 1.82) is 0 Å². The van der Waals surface area contributed by atoms with Gasteiger partial charge in [-0.3, -0.25) is 0 Å². The highest BCUT2D eigenvalue weighted by molar-refractivity contribution is 7.98. The SMILES string of the molecule is CCOC(=O)N=[SH](C)(O)Cc1cccc(Nc2ncnc(-c3cccc(Cl)c3OC)n2)c1. The third kappa shape index (κ3) is 6.22. The summed E-state index contributed by atoms with van der Waals surface area (Å²) in [6.45, 7) is 1.89. The number of thiol groups is 1. The highest BCUT2D eigenvalue weighted by atomic mass is 35.5. The summed E-state index contributed by atoms with van der Waals surface area (Å²) in [4.78, 5) is 24.5. The van der Waals surface area contributed by atoms with E-state index < -0.39 is 16.2 Å². The molecule has 1 heterocycles. The minimum Gasteiger partial charge on any atom is -0.494 e. The monoisotopic (exact) mass is 477 g/mol. The van der Waals surface area contributed by atoms with Crippen molar-refractivity contribution in [3.05, 3.63) is 59.4 Å². The molecule has 9 nitrogen and oxygen atoms in total. The van der Waals surface area contributed by atoms with Crippen LogP contribution in [0.2, 0.25) is 5.02 Å². The fourth-order valence-electron chi connectivity index (χ4n) is 2.96. The van der Waals surface area contributed by atoms with Gasteiger partial charge in [0.05, 0.1) is 24.3 Å². The van der Waals surface area contributed by atoms with Crippen molar-refractivity contribution in [1.82, 2.24) is 15.0 Å². The number of ether oxygens (including phenoxy) is 2. The summed E-state index contributed by atoms with van der Waals surface area (Å²) < 4.78 is 24.5. The van der Waals surface area contributed by atoms with Crippen molar-refractivity contribution >= 4 is 39.4 Å². The molecule has 1 amide bonds. The van der Waals surface area contributed by atoms with Crippen LogP contribution < -0.4 is 10.1 Å². The van der Waals surface area contributed by atoms with Crippen LogP contribution in [-0.2, 0) is 20.6 Å². The molecule has 0 radical (unpaired) electrons. The third-order valence-electron chi connectivity index (χ3n) is 4.21. The van der Waals surface area contributed by atoms with Crippen molar-refractivity contribution in [3.8, 4) is 17.1 Å². The van der Waals surface area contributed by atoms with Gasteiger partial charge in [-0.25, -0.2) is 14.8 Å². The maximum absolute atomic E-state index is 11.6. The lowest BCUT2D eigenvalue weighted by Crippen LogP contribution is -2.14. The maximum Gasteiger partial charge on any atom is 0.439 e. The summed E-state index contributed by atoms with van der Waals surface area (Å²) in [5.74, 6) is 1.43. The average molecular weight is 478 g/mol. The van der Waals surface area contributed by atoms with E-state index in [4.69, 9.17) is 21.1 Å². The molecule has 0 unspecified atom stereocenters. The summed E-state index contributed by atoms with van der Waals surface area (Å²) in [6, 6.07) is 12.7. The lowest BCUT2D eigenvalue weighted by molar-refractivity contribution is 0.164. The molecule has 170 valence electrons. The fraction of sp³-hybridized carbons (Fsp3) is 0.238. The third-order valence-corrected chi connectivity index (χ3v) is 6.07. The maximum atomic E-state index is 11.6. The van der Waals surface area contributed by atoms with Gasteiger partial charge in [-0.05, 0) is 43.0 Å². The zero-order valence-electron chi connectivity index (χ0n) is 17.8. The van der Waals surface area contributed by atoms with Gasteiger partial charge < -0.3 is 19.3 Å². The van der Waals surface area contributed by atoms with E-state index in [1.807, 2.05) is 30.3 Å². The number of carbonyl (C=O) groups excluding carboxylic acids is 1. The molecule has 0 saturated heterocycles. The number of para-hydroxylation sites is 1. The van der Waals surface area contributed by atoms with Gasteiger partial charge in [0.15, 0.2) is 5.82 Å². The van der Waals surface area contributed by atoms with Gasteiger partial charge in [-0.15, -0.1) is 0 Å². The Hall–Kier alpha value is -3.08. The molecule has 3 rings (SSSR count). The molecular weight excluding hydrogens is 454 g/mol. The number of rotatable bonds is 7. The molecule has 0 aliphatic carbocycles. The highest BCUT2D eigenvalue weighted by Crippen LogP contribution is 2.34. The van der Waals surface area contributed by atoms with Gasteiger partial charge in [-0.1, -0.05) is 39.9 Å². The molecule has 0 atom stereocenters. The smallest absolute Gasteiger partial charge is 0.439 e. The standard InChI is InChI=1S/C21H24ClN5O4S/c1-4-31-21(28)27-32(3,29)12-14-7-5-8-15(11-14)25-20-24-13-23-19(26-20)16-9-6-10-17(22)18(16)30-2/h5-11,13,32H,4,12H2,1-3H3,(H,27,28,29)(H,23,24,25,26). The molecule has 0 bridgehead atoms. The Morgan fingerprint density at radius 1 is 1.25 bits per heavy atom. The van der Waals surface area contributed by atoms with E-state index in [1.165, 1.54) is 13.4 Å². The minimum atomic E-state index is -2.86. The first-order valence-corrected chi connectivity index (χ1v) is 12.4. The number of carbonyl (C=O) groups is 1. The van der Waals surface area contributed by atoms with E-state index in [1.54, 1.807) is 25.3 Å². The molecule has 0 saturated carbocycles. The number of anilines is 2. The van der Waals surface area contributed by atoms with Crippen molar-refractivity contribution in [2.45, 2.75) is 12.7 Å². The van der Waals surface area contributed by atoms with Crippen molar-refractivity contribution in [3.63, 3.8) is 0 Å². The highest BCUT2D eigenvalue weighted by Gasteiger charge is 2.13. The first kappa shape index (κ1) is 23.6. The molecule has 2 aromatic carbocycles. The summed E-state index contributed by atoms with van der Waals surface area (Å²) >= 11 is 6.20. The first-order valence-electron chi connectivity index (χ1n) is 9.67. The van der Waals surface area contributed by atoms with Crippen LogP contribution >= 0.6 is 11.6 Å². The number of methoxy groups -OCH3 is 1. The summed E-state index contributed by atoms with van der Waals surface area (Å²) in [6.07, 6.45) is 2.19. The average Bonchev–Trinajstić information content (AvgIpc) is 2.73. The van der Waals surface area contributed by atoms with E-state index in [-0.39, 0.29) is 12.4 Å². The molecule has 32 heavy (non-hydrogen) atoms. The van der Waals surface area contributed by atoms with Crippen molar-refractivity contribution < 1.29 is 18.8 Å². The summed E-state index contributed by atoms with van der Waals surface area (Å²) in [5, 5.41) is 3.58. The Morgan fingerprint density at radius 3 is 2.78 bits per heavy atom. The fourth-order valence-corrected chi connectivity index (χ4v) is 4.59. The molecule has 3 aromatic rings. The number of benzene rings is 2. The van der Waals surface area contributed by atoms with E-state index in [0.29, 0.717) is 33.8 Å². The molecule has 0 aliphatic rings. The van der Waals surface area contributed by atoms with E-state index in [9.17, 15) is 9.35 Å². The van der Waals surface area contributed by atoms with Crippen LogP contribution in [-0.4, -0.2) is 45.6 Å².